The highest BCUT2D eigenvalue weighted by Gasteiger charge is 2.26. The van der Waals surface area contributed by atoms with Gasteiger partial charge >= 0.3 is 6.03 Å². The van der Waals surface area contributed by atoms with Gasteiger partial charge in [-0.2, -0.15) is 0 Å². The summed E-state index contributed by atoms with van der Waals surface area (Å²) in [5, 5.41) is 9.06. The summed E-state index contributed by atoms with van der Waals surface area (Å²) in [4.78, 5) is 32.9. The molecule has 1 aliphatic heterocycles. The zero-order valence-corrected chi connectivity index (χ0v) is 26.2. The Labute approximate surface area is 267 Å². The van der Waals surface area contributed by atoms with E-state index >= 15 is 0 Å². The quantitative estimate of drug-likeness (QED) is 0.177. The Balaban J connectivity index is 1.02. The summed E-state index contributed by atoms with van der Waals surface area (Å²) in [5.41, 5.74) is 9.61. The van der Waals surface area contributed by atoms with Gasteiger partial charge in [-0.3, -0.25) is 20.0 Å². The van der Waals surface area contributed by atoms with Crippen LogP contribution in [-0.4, -0.2) is 55.0 Å². The molecule has 1 saturated heterocycles. The molecule has 3 amide bonds. The maximum Gasteiger partial charge on any atom is 0.321 e. The van der Waals surface area contributed by atoms with Gasteiger partial charge < -0.3 is 16.4 Å². The molecule has 0 spiro atoms. The minimum absolute atomic E-state index is 0.0755. The molecule has 1 aliphatic carbocycles. The number of nitrogens with zero attached hydrogens (tertiary/aromatic N) is 2. The average molecular weight is 609 g/mol. The molecule has 3 aromatic carbocycles. The van der Waals surface area contributed by atoms with Crippen LogP contribution in [0.4, 0.5) is 4.79 Å². The molecule has 3 atom stereocenters. The van der Waals surface area contributed by atoms with E-state index in [0.29, 0.717) is 31.3 Å². The molecule has 8 nitrogen and oxygen atoms in total. The number of guanidine groups is 1. The minimum Gasteiger partial charge on any atom is -0.370 e. The Morgan fingerprint density at radius 3 is 2.13 bits per heavy atom. The van der Waals surface area contributed by atoms with Crippen molar-refractivity contribution >= 4 is 17.9 Å². The highest BCUT2D eigenvalue weighted by molar-refractivity contribution is 5.95. The van der Waals surface area contributed by atoms with Crippen molar-refractivity contribution in [3.8, 4) is 0 Å². The highest BCUT2D eigenvalue weighted by atomic mass is 16.2. The molecule has 5 N–H and O–H groups in total. The Morgan fingerprint density at radius 2 is 1.44 bits per heavy atom. The number of carbonyl (C=O) groups excluding carboxylic acids is 2. The maximum atomic E-state index is 13.4. The van der Waals surface area contributed by atoms with E-state index in [-0.39, 0.29) is 29.9 Å². The van der Waals surface area contributed by atoms with Crippen molar-refractivity contribution < 1.29 is 9.59 Å². The normalized spacial score (nSPS) is 20.2. The van der Waals surface area contributed by atoms with Crippen LogP contribution in [0.3, 0.4) is 0 Å². The van der Waals surface area contributed by atoms with Gasteiger partial charge in [-0.25, -0.2) is 4.79 Å². The van der Waals surface area contributed by atoms with Crippen LogP contribution < -0.4 is 21.7 Å². The van der Waals surface area contributed by atoms with E-state index in [9.17, 15) is 9.59 Å². The number of carbonyl (C=O) groups is 2. The first-order valence-electron chi connectivity index (χ1n) is 16.5. The summed E-state index contributed by atoms with van der Waals surface area (Å²) >= 11 is 0. The molecular weight excluding hydrogens is 560 g/mol. The van der Waals surface area contributed by atoms with Gasteiger partial charge in [-0.05, 0) is 67.1 Å². The molecule has 1 heterocycles. The van der Waals surface area contributed by atoms with Gasteiger partial charge in [0, 0.05) is 38.8 Å². The Hall–Kier alpha value is -4.17. The molecule has 2 aliphatic rings. The van der Waals surface area contributed by atoms with E-state index in [1.165, 1.54) is 5.56 Å². The summed E-state index contributed by atoms with van der Waals surface area (Å²) < 4.78 is 0. The van der Waals surface area contributed by atoms with Crippen LogP contribution in [0.15, 0.2) is 96.0 Å². The monoisotopic (exact) mass is 608 g/mol. The largest absolute Gasteiger partial charge is 0.370 e. The van der Waals surface area contributed by atoms with E-state index in [2.05, 4.69) is 62.2 Å². The third kappa shape index (κ3) is 10.5. The van der Waals surface area contributed by atoms with Crippen LogP contribution in [0.1, 0.15) is 61.1 Å². The van der Waals surface area contributed by atoms with Gasteiger partial charge in [-0.15, -0.1) is 0 Å². The predicted molar refractivity (Wildman–Crippen MR) is 181 cm³/mol. The van der Waals surface area contributed by atoms with Crippen LogP contribution in [0.5, 0.6) is 0 Å². The lowest BCUT2D eigenvalue weighted by atomic mass is 9.81. The fourth-order valence-electron chi connectivity index (χ4n) is 6.70. The maximum absolute atomic E-state index is 13.4. The predicted octanol–water partition coefficient (Wildman–Crippen LogP) is 5.21. The number of nitrogens with one attached hydrogen (secondary N) is 3. The fourth-order valence-corrected chi connectivity index (χ4v) is 6.70. The average Bonchev–Trinajstić information content (AvgIpc) is 3.07. The van der Waals surface area contributed by atoms with Crippen molar-refractivity contribution in [1.29, 1.82) is 0 Å². The number of rotatable bonds is 11. The number of hydrogen-bond donors (Lipinski definition) is 4. The number of nitrogens with two attached hydrogens (primary N) is 1. The van der Waals surface area contributed by atoms with Gasteiger partial charge in [0.2, 0.25) is 5.91 Å². The van der Waals surface area contributed by atoms with Crippen molar-refractivity contribution in [1.82, 2.24) is 20.9 Å². The molecule has 8 heteroatoms. The number of piperidine rings is 1. The van der Waals surface area contributed by atoms with E-state index in [0.717, 1.165) is 69.3 Å². The van der Waals surface area contributed by atoms with Crippen molar-refractivity contribution in [3.05, 3.63) is 108 Å². The molecular formula is C37H48N6O2. The molecule has 0 radical (unpaired) electrons. The number of aliphatic imine (C=N–C) groups is 1. The summed E-state index contributed by atoms with van der Waals surface area (Å²) in [7, 11) is 0. The van der Waals surface area contributed by atoms with Crippen LogP contribution >= 0.6 is 0 Å². The number of benzene rings is 3. The van der Waals surface area contributed by atoms with Crippen molar-refractivity contribution in [2.24, 2.45) is 22.6 Å². The molecule has 0 aromatic heterocycles. The summed E-state index contributed by atoms with van der Waals surface area (Å²) in [5.74, 6) is 0.799. The topological polar surface area (TPSA) is 112 Å². The smallest absolute Gasteiger partial charge is 0.321 e. The molecule has 3 unspecified atom stereocenters. The first kappa shape index (κ1) is 32.2. The van der Waals surface area contributed by atoms with Gasteiger partial charge in [-0.1, -0.05) is 97.4 Å². The summed E-state index contributed by atoms with van der Waals surface area (Å²) in [6.45, 7) is 4.09. The number of hydrogen-bond acceptors (Lipinski definition) is 4. The van der Waals surface area contributed by atoms with Gasteiger partial charge in [0.15, 0.2) is 5.96 Å². The molecule has 2 fully saturated rings. The molecule has 3 aromatic rings. The lowest BCUT2D eigenvalue weighted by molar-refractivity contribution is -0.122. The second-order valence-corrected chi connectivity index (χ2v) is 12.7. The molecule has 238 valence electrons. The second kappa shape index (κ2) is 16.8. The molecule has 1 saturated carbocycles. The number of amides is 3. The SMILES string of the molecule is NC(=NCC1CCCC(CNC(=O)C(Cc2ccccc2)c2ccccc2)C1)NC(=O)NC1CCN(Cc2ccccc2)CC1. The van der Waals surface area contributed by atoms with Crippen LogP contribution in [0.25, 0.3) is 0 Å². The Morgan fingerprint density at radius 1 is 0.822 bits per heavy atom. The lowest BCUT2D eigenvalue weighted by Crippen LogP contribution is -2.50. The summed E-state index contributed by atoms with van der Waals surface area (Å²) in [6, 6.07) is 30.6. The van der Waals surface area contributed by atoms with Gasteiger partial charge in [0.05, 0.1) is 5.92 Å². The lowest BCUT2D eigenvalue weighted by Gasteiger charge is -2.32. The first-order valence-corrected chi connectivity index (χ1v) is 16.5. The molecule has 45 heavy (non-hydrogen) atoms. The first-order chi connectivity index (χ1) is 22.0. The van der Waals surface area contributed by atoms with Crippen LogP contribution in [0.2, 0.25) is 0 Å². The minimum atomic E-state index is -0.287. The Bertz CT molecular complexity index is 1360. The van der Waals surface area contributed by atoms with Crippen molar-refractivity contribution in [2.75, 3.05) is 26.2 Å². The molecule has 0 bridgehead atoms. The van der Waals surface area contributed by atoms with E-state index in [1.54, 1.807) is 0 Å². The van der Waals surface area contributed by atoms with Crippen LogP contribution in [0, 0.1) is 11.8 Å². The van der Waals surface area contributed by atoms with Crippen molar-refractivity contribution in [3.63, 3.8) is 0 Å². The Kier molecular flexibility index (Phi) is 12.0. The number of urea groups is 1. The third-order valence-electron chi connectivity index (χ3n) is 9.19. The zero-order valence-electron chi connectivity index (χ0n) is 26.2. The van der Waals surface area contributed by atoms with E-state index < -0.39 is 0 Å². The summed E-state index contributed by atoms with van der Waals surface area (Å²) in [6.07, 6.45) is 6.76. The fraction of sp³-hybridized carbons (Fsp3) is 0.432. The van der Waals surface area contributed by atoms with E-state index in [1.807, 2.05) is 54.6 Å². The van der Waals surface area contributed by atoms with E-state index in [4.69, 9.17) is 5.73 Å². The number of likely N-dealkylation sites (tertiary alicyclic amines) is 1. The van der Waals surface area contributed by atoms with Gasteiger partial charge in [0.25, 0.3) is 0 Å². The standard InChI is InChI=1S/C37H48N6O2/c38-36(42-37(45)41-33-19-21-43(22-20-33)27-29-13-6-2-7-14-29)40-26-31-16-10-15-30(23-31)25-39-35(44)34(32-17-8-3-9-18-32)24-28-11-4-1-5-12-28/h1-9,11-14,17-18,30-31,33-34H,10,15-16,19-27H2,(H,39,44)(H4,38,40,41,42,45). The molecule has 5 rings (SSSR count). The van der Waals surface area contributed by atoms with Crippen molar-refractivity contribution in [2.45, 2.75) is 63.5 Å². The van der Waals surface area contributed by atoms with Crippen LogP contribution in [-0.2, 0) is 17.8 Å². The highest BCUT2D eigenvalue weighted by Crippen LogP contribution is 2.29. The zero-order chi connectivity index (χ0) is 31.3. The second-order valence-electron chi connectivity index (χ2n) is 12.7. The third-order valence-corrected chi connectivity index (χ3v) is 9.19. The van der Waals surface area contributed by atoms with Gasteiger partial charge in [0.1, 0.15) is 0 Å².